The molecule has 0 unspecified atom stereocenters. The molecule has 0 bridgehead atoms. The first-order chi connectivity index (χ1) is 7.69. The third-order valence-corrected chi connectivity index (χ3v) is 2.48. The Morgan fingerprint density at radius 2 is 2.12 bits per heavy atom. The van der Waals surface area contributed by atoms with Gasteiger partial charge in [0, 0.05) is 6.54 Å². The van der Waals surface area contributed by atoms with E-state index in [1.165, 1.54) is 6.08 Å². The molecule has 5 heteroatoms. The average Bonchev–Trinajstić information content (AvgIpc) is 3.08. The van der Waals surface area contributed by atoms with Crippen LogP contribution in [0, 0.1) is 5.92 Å². The van der Waals surface area contributed by atoms with Crippen LogP contribution < -0.4 is 10.6 Å². The molecule has 0 aromatic carbocycles. The molecule has 1 aliphatic rings. The Balaban J connectivity index is 2.46. The third kappa shape index (κ3) is 3.84. The van der Waals surface area contributed by atoms with Crippen LogP contribution in [-0.2, 0) is 14.4 Å². The second-order valence-electron chi connectivity index (χ2n) is 3.88. The van der Waals surface area contributed by atoms with Crippen LogP contribution in [0.25, 0.3) is 0 Å². The molecule has 16 heavy (non-hydrogen) atoms. The zero-order chi connectivity index (χ0) is 12.0. The molecule has 0 heterocycles. The molecule has 0 aliphatic heterocycles. The molecule has 0 saturated heterocycles. The van der Waals surface area contributed by atoms with Crippen molar-refractivity contribution in [1.29, 1.82) is 0 Å². The predicted molar refractivity (Wildman–Crippen MR) is 58.5 cm³/mol. The number of ketones is 1. The summed E-state index contributed by atoms with van der Waals surface area (Å²) in [6.07, 6.45) is 4.65. The molecule has 5 nitrogen and oxygen atoms in total. The van der Waals surface area contributed by atoms with Crippen LogP contribution in [-0.4, -0.2) is 30.7 Å². The average molecular weight is 224 g/mol. The van der Waals surface area contributed by atoms with Gasteiger partial charge in [0.25, 0.3) is 5.91 Å². The zero-order valence-corrected chi connectivity index (χ0v) is 9.07. The minimum atomic E-state index is -0.685. The Bertz CT molecular complexity index is 298. The maximum atomic E-state index is 11.6. The van der Waals surface area contributed by atoms with Gasteiger partial charge in [-0.25, -0.2) is 0 Å². The Morgan fingerprint density at radius 3 is 2.62 bits per heavy atom. The summed E-state index contributed by atoms with van der Waals surface area (Å²) in [4.78, 5) is 33.3. The van der Waals surface area contributed by atoms with Gasteiger partial charge in [-0.05, 0) is 12.3 Å². The van der Waals surface area contributed by atoms with Crippen LogP contribution in [0.4, 0.5) is 0 Å². The largest absolute Gasteiger partial charge is 0.348 e. The van der Waals surface area contributed by atoms with Crippen molar-refractivity contribution in [1.82, 2.24) is 10.6 Å². The lowest BCUT2D eigenvalue weighted by Gasteiger charge is -2.13. The van der Waals surface area contributed by atoms with Gasteiger partial charge < -0.3 is 10.6 Å². The van der Waals surface area contributed by atoms with Gasteiger partial charge in [0.2, 0.25) is 12.2 Å². The van der Waals surface area contributed by atoms with Gasteiger partial charge in [-0.2, -0.15) is 0 Å². The molecule has 1 aliphatic carbocycles. The highest BCUT2D eigenvalue weighted by molar-refractivity contribution is 6.38. The molecule has 0 radical (unpaired) electrons. The van der Waals surface area contributed by atoms with E-state index in [0.29, 0.717) is 18.7 Å². The molecule has 1 atom stereocenters. The van der Waals surface area contributed by atoms with Gasteiger partial charge >= 0.3 is 0 Å². The van der Waals surface area contributed by atoms with E-state index in [-0.39, 0.29) is 6.54 Å². The van der Waals surface area contributed by atoms with Crippen molar-refractivity contribution in [2.75, 3.05) is 6.54 Å². The maximum absolute atomic E-state index is 11.6. The standard InChI is InChI=1S/C11H16N2O3/c1-2-5-12-11(16)10(15)9(13-7-14)6-8-3-4-8/h2,7-9H,1,3-6H2,(H,12,16)(H,13,14)/t9-/m0/s1. The van der Waals surface area contributed by atoms with Crippen molar-refractivity contribution in [3.8, 4) is 0 Å². The topological polar surface area (TPSA) is 75.3 Å². The number of carbonyl (C=O) groups excluding carboxylic acids is 3. The van der Waals surface area contributed by atoms with Crippen LogP contribution in [0.1, 0.15) is 19.3 Å². The normalized spacial score (nSPS) is 16.0. The monoisotopic (exact) mass is 224 g/mol. The smallest absolute Gasteiger partial charge is 0.289 e. The van der Waals surface area contributed by atoms with Crippen LogP contribution >= 0.6 is 0 Å². The van der Waals surface area contributed by atoms with Crippen molar-refractivity contribution in [3.63, 3.8) is 0 Å². The van der Waals surface area contributed by atoms with E-state index in [0.717, 1.165) is 12.8 Å². The van der Waals surface area contributed by atoms with E-state index in [2.05, 4.69) is 17.2 Å². The van der Waals surface area contributed by atoms with Crippen LogP contribution in [0.5, 0.6) is 0 Å². The highest BCUT2D eigenvalue weighted by Gasteiger charge is 2.31. The number of carbonyl (C=O) groups is 3. The molecule has 1 fully saturated rings. The van der Waals surface area contributed by atoms with Gasteiger partial charge in [0.15, 0.2) is 0 Å². The summed E-state index contributed by atoms with van der Waals surface area (Å²) in [5.41, 5.74) is 0. The minimum absolute atomic E-state index is 0.252. The first kappa shape index (κ1) is 12.4. The van der Waals surface area contributed by atoms with Crippen molar-refractivity contribution < 1.29 is 14.4 Å². The molecule has 0 aromatic rings. The third-order valence-electron chi connectivity index (χ3n) is 2.48. The number of hydrogen-bond donors (Lipinski definition) is 2. The number of rotatable bonds is 8. The summed E-state index contributed by atoms with van der Waals surface area (Å²) in [6.45, 7) is 3.69. The Morgan fingerprint density at radius 1 is 1.44 bits per heavy atom. The lowest BCUT2D eigenvalue weighted by Crippen LogP contribution is -2.45. The van der Waals surface area contributed by atoms with Gasteiger partial charge in [0.05, 0.1) is 6.04 Å². The number of nitrogens with one attached hydrogen (secondary N) is 2. The summed E-state index contributed by atoms with van der Waals surface area (Å²) < 4.78 is 0. The van der Waals surface area contributed by atoms with Crippen LogP contribution in [0.15, 0.2) is 12.7 Å². The molecule has 0 spiro atoms. The number of hydrogen-bond acceptors (Lipinski definition) is 3. The molecule has 2 amide bonds. The second kappa shape index (κ2) is 6.05. The summed E-state index contributed by atoms with van der Waals surface area (Å²) in [7, 11) is 0. The fourth-order valence-electron chi connectivity index (χ4n) is 1.43. The first-order valence-corrected chi connectivity index (χ1v) is 5.31. The Kier molecular flexibility index (Phi) is 4.69. The molecule has 1 saturated carbocycles. The fraction of sp³-hybridized carbons (Fsp3) is 0.545. The lowest BCUT2D eigenvalue weighted by molar-refractivity contribution is -0.139. The second-order valence-corrected chi connectivity index (χ2v) is 3.88. The van der Waals surface area contributed by atoms with Crippen molar-refractivity contribution >= 4 is 18.1 Å². The summed E-state index contributed by atoms with van der Waals surface area (Å²) in [5, 5.41) is 4.80. The SMILES string of the molecule is C=CCNC(=O)C(=O)[C@H](CC1CC1)NC=O. The highest BCUT2D eigenvalue weighted by atomic mass is 16.2. The van der Waals surface area contributed by atoms with Crippen molar-refractivity contribution in [2.24, 2.45) is 5.92 Å². The van der Waals surface area contributed by atoms with E-state index < -0.39 is 17.7 Å². The minimum Gasteiger partial charge on any atom is -0.348 e. The van der Waals surface area contributed by atoms with E-state index in [1.54, 1.807) is 0 Å². The Hall–Kier alpha value is -1.65. The van der Waals surface area contributed by atoms with E-state index in [4.69, 9.17) is 0 Å². The molecular weight excluding hydrogens is 208 g/mol. The van der Waals surface area contributed by atoms with E-state index in [9.17, 15) is 14.4 Å². The molecule has 88 valence electrons. The van der Waals surface area contributed by atoms with Gasteiger partial charge in [-0.3, -0.25) is 14.4 Å². The molecule has 2 N–H and O–H groups in total. The summed E-state index contributed by atoms with van der Waals surface area (Å²) in [6, 6.07) is -0.685. The quantitative estimate of drug-likeness (QED) is 0.340. The van der Waals surface area contributed by atoms with Crippen LogP contribution in [0.3, 0.4) is 0 Å². The van der Waals surface area contributed by atoms with E-state index >= 15 is 0 Å². The zero-order valence-electron chi connectivity index (χ0n) is 9.07. The fourth-order valence-corrected chi connectivity index (χ4v) is 1.43. The molecule has 1 rings (SSSR count). The number of amides is 2. The Labute approximate surface area is 94.3 Å². The van der Waals surface area contributed by atoms with Crippen molar-refractivity contribution in [2.45, 2.75) is 25.3 Å². The van der Waals surface area contributed by atoms with Gasteiger partial charge in [-0.15, -0.1) is 6.58 Å². The van der Waals surface area contributed by atoms with Crippen molar-refractivity contribution in [3.05, 3.63) is 12.7 Å². The van der Waals surface area contributed by atoms with E-state index in [1.807, 2.05) is 0 Å². The molecule has 0 aromatic heterocycles. The number of Topliss-reactive ketones (excluding diaryl/α,β-unsaturated/α-hetero) is 1. The summed E-state index contributed by atoms with van der Waals surface area (Å²) >= 11 is 0. The van der Waals surface area contributed by atoms with Gasteiger partial charge in [0.1, 0.15) is 0 Å². The molecular formula is C11H16N2O3. The maximum Gasteiger partial charge on any atom is 0.289 e. The predicted octanol–water partition coefficient (Wildman–Crippen LogP) is -0.228. The van der Waals surface area contributed by atoms with Gasteiger partial charge in [-0.1, -0.05) is 18.9 Å². The summed E-state index contributed by atoms with van der Waals surface area (Å²) in [5.74, 6) is -0.783. The first-order valence-electron chi connectivity index (χ1n) is 5.31. The van der Waals surface area contributed by atoms with Crippen LogP contribution in [0.2, 0.25) is 0 Å². The highest BCUT2D eigenvalue weighted by Crippen LogP contribution is 2.33. The lowest BCUT2D eigenvalue weighted by atomic mass is 10.1.